The summed E-state index contributed by atoms with van der Waals surface area (Å²) < 4.78 is 1.78. The molecular weight excluding hydrogens is 308 g/mol. The van der Waals surface area contributed by atoms with Gasteiger partial charge in [0.05, 0.1) is 5.75 Å². The first-order valence-corrected chi connectivity index (χ1v) is 9.15. The highest BCUT2D eigenvalue weighted by Gasteiger charge is 2.14. The fourth-order valence-corrected chi connectivity index (χ4v) is 4.47. The molecule has 0 amide bonds. The lowest BCUT2D eigenvalue weighted by Crippen LogP contribution is -2.07. The Hall–Kier alpha value is -0.850. The summed E-state index contributed by atoms with van der Waals surface area (Å²) >= 11 is 4.57. The molecule has 1 aromatic carbocycles. The molecule has 1 heterocycles. The van der Waals surface area contributed by atoms with Gasteiger partial charge in [-0.25, -0.2) is 0 Å². The van der Waals surface area contributed by atoms with Gasteiger partial charge in [-0.2, -0.15) is 0 Å². The van der Waals surface area contributed by atoms with Crippen LogP contribution in [0.2, 0.25) is 0 Å². The number of hydrogen-bond donors (Lipinski definition) is 0. The van der Waals surface area contributed by atoms with Crippen molar-refractivity contribution in [3.05, 3.63) is 34.4 Å². The Morgan fingerprint density at radius 3 is 2.30 bits per heavy atom. The first-order chi connectivity index (χ1) is 9.51. The third-order valence-corrected chi connectivity index (χ3v) is 5.88. The van der Waals surface area contributed by atoms with Crippen molar-refractivity contribution in [1.82, 2.24) is 10.2 Å². The molecule has 0 atom stereocenters. The summed E-state index contributed by atoms with van der Waals surface area (Å²) in [6.07, 6.45) is 1.97. The van der Waals surface area contributed by atoms with E-state index in [1.165, 1.54) is 28.7 Å². The third-order valence-electron chi connectivity index (χ3n) is 2.85. The van der Waals surface area contributed by atoms with E-state index in [0.29, 0.717) is 5.75 Å². The number of benzene rings is 1. The number of aromatic nitrogens is 2. The molecule has 0 aliphatic rings. The van der Waals surface area contributed by atoms with Crippen LogP contribution < -0.4 is 0 Å². The van der Waals surface area contributed by atoms with Crippen molar-refractivity contribution < 1.29 is 4.79 Å². The maximum absolute atomic E-state index is 12.4. The summed E-state index contributed by atoms with van der Waals surface area (Å²) in [6.45, 7) is 6.04. The quantitative estimate of drug-likeness (QED) is 0.610. The Morgan fingerprint density at radius 2 is 1.75 bits per heavy atom. The van der Waals surface area contributed by atoms with E-state index < -0.39 is 0 Å². The maximum atomic E-state index is 12.4. The van der Waals surface area contributed by atoms with Gasteiger partial charge >= 0.3 is 0 Å². The second-order valence-electron chi connectivity index (χ2n) is 4.52. The van der Waals surface area contributed by atoms with Gasteiger partial charge in [0, 0.05) is 5.56 Å². The fourth-order valence-electron chi connectivity index (χ4n) is 2.16. The number of aryl methyl sites for hydroxylation is 3. The average molecular weight is 324 g/mol. The number of ketones is 1. The molecule has 0 N–H and O–H groups in total. The third kappa shape index (κ3) is 3.62. The first kappa shape index (κ1) is 15.5. The van der Waals surface area contributed by atoms with Gasteiger partial charge in [0.15, 0.2) is 14.5 Å². The SMILES string of the molecule is CSc1nnc(SCC(=O)c2c(C)cc(C)cc2C)s1. The maximum Gasteiger partial charge on any atom is 0.175 e. The fraction of sp³-hybridized carbons (Fsp3) is 0.357. The number of nitrogens with zero attached hydrogens (tertiary/aromatic N) is 2. The zero-order chi connectivity index (χ0) is 14.7. The molecule has 0 radical (unpaired) electrons. The zero-order valence-corrected chi connectivity index (χ0v) is 14.3. The van der Waals surface area contributed by atoms with Crippen LogP contribution in [-0.2, 0) is 0 Å². The summed E-state index contributed by atoms with van der Waals surface area (Å²) in [5.41, 5.74) is 4.14. The van der Waals surface area contributed by atoms with Gasteiger partial charge in [-0.05, 0) is 38.2 Å². The summed E-state index contributed by atoms with van der Waals surface area (Å²) in [5.74, 6) is 0.569. The van der Waals surface area contributed by atoms with Crippen LogP contribution in [-0.4, -0.2) is 28.0 Å². The molecule has 0 aliphatic carbocycles. The number of hydrogen-bond acceptors (Lipinski definition) is 6. The molecule has 20 heavy (non-hydrogen) atoms. The van der Waals surface area contributed by atoms with Gasteiger partial charge in [-0.1, -0.05) is 52.6 Å². The number of carbonyl (C=O) groups excluding carboxylic acids is 1. The molecule has 0 fully saturated rings. The molecule has 0 unspecified atom stereocenters. The number of Topliss-reactive ketones (excluding diaryl/α,β-unsaturated/α-hetero) is 1. The molecule has 106 valence electrons. The lowest BCUT2D eigenvalue weighted by atomic mass is 9.97. The Kier molecular flexibility index (Phi) is 5.23. The summed E-state index contributed by atoms with van der Waals surface area (Å²) in [7, 11) is 0. The predicted octanol–water partition coefficient (Wildman–Crippen LogP) is 4.16. The van der Waals surface area contributed by atoms with Crippen LogP contribution in [0.25, 0.3) is 0 Å². The Balaban J connectivity index is 2.09. The molecule has 0 spiro atoms. The normalized spacial score (nSPS) is 10.8. The largest absolute Gasteiger partial charge is 0.293 e. The average Bonchev–Trinajstić information content (AvgIpc) is 2.83. The van der Waals surface area contributed by atoms with Crippen LogP contribution in [0.15, 0.2) is 20.8 Å². The van der Waals surface area contributed by atoms with Crippen molar-refractivity contribution in [3.8, 4) is 0 Å². The van der Waals surface area contributed by atoms with E-state index in [0.717, 1.165) is 25.4 Å². The van der Waals surface area contributed by atoms with Crippen LogP contribution in [0.1, 0.15) is 27.0 Å². The van der Waals surface area contributed by atoms with Crippen molar-refractivity contribution in [2.75, 3.05) is 12.0 Å². The highest BCUT2D eigenvalue weighted by atomic mass is 32.2. The highest BCUT2D eigenvalue weighted by molar-refractivity contribution is 8.03. The van der Waals surface area contributed by atoms with Crippen molar-refractivity contribution in [2.45, 2.75) is 29.5 Å². The Bertz CT molecular complexity index is 614. The van der Waals surface area contributed by atoms with E-state index in [1.807, 2.05) is 27.0 Å². The van der Waals surface area contributed by atoms with E-state index >= 15 is 0 Å². The minimum Gasteiger partial charge on any atom is -0.293 e. The molecule has 2 rings (SSSR count). The Morgan fingerprint density at radius 1 is 1.15 bits per heavy atom. The summed E-state index contributed by atoms with van der Waals surface area (Å²) in [5, 5.41) is 8.10. The van der Waals surface area contributed by atoms with Gasteiger partial charge in [0.2, 0.25) is 0 Å². The minimum absolute atomic E-state index is 0.158. The number of thioether (sulfide) groups is 2. The highest BCUT2D eigenvalue weighted by Crippen LogP contribution is 2.28. The van der Waals surface area contributed by atoms with Gasteiger partial charge < -0.3 is 0 Å². The van der Waals surface area contributed by atoms with Crippen molar-refractivity contribution in [1.29, 1.82) is 0 Å². The van der Waals surface area contributed by atoms with Crippen LogP contribution in [0.4, 0.5) is 0 Å². The monoisotopic (exact) mass is 324 g/mol. The van der Waals surface area contributed by atoms with E-state index in [2.05, 4.69) is 22.3 Å². The van der Waals surface area contributed by atoms with Gasteiger partial charge in [-0.15, -0.1) is 10.2 Å². The zero-order valence-electron chi connectivity index (χ0n) is 11.9. The smallest absolute Gasteiger partial charge is 0.175 e. The molecule has 1 aromatic heterocycles. The van der Waals surface area contributed by atoms with Crippen molar-refractivity contribution in [2.24, 2.45) is 0 Å². The molecule has 6 heteroatoms. The molecule has 0 saturated heterocycles. The minimum atomic E-state index is 0.158. The lowest BCUT2D eigenvalue weighted by Gasteiger charge is -2.09. The number of rotatable bonds is 5. The lowest BCUT2D eigenvalue weighted by molar-refractivity contribution is 0.102. The summed E-state index contributed by atoms with van der Waals surface area (Å²) in [6, 6.07) is 4.11. The van der Waals surface area contributed by atoms with Crippen LogP contribution in [0.5, 0.6) is 0 Å². The van der Waals surface area contributed by atoms with Crippen molar-refractivity contribution >= 4 is 40.6 Å². The second-order valence-corrected chi connectivity index (χ2v) is 7.78. The van der Waals surface area contributed by atoms with Crippen molar-refractivity contribution in [3.63, 3.8) is 0 Å². The Labute approximate surface area is 131 Å². The molecule has 0 saturated carbocycles. The van der Waals surface area contributed by atoms with E-state index in [-0.39, 0.29) is 5.78 Å². The number of carbonyl (C=O) groups is 1. The predicted molar refractivity (Wildman–Crippen MR) is 87.4 cm³/mol. The molecule has 3 nitrogen and oxygen atoms in total. The van der Waals surface area contributed by atoms with Crippen LogP contribution in [0.3, 0.4) is 0 Å². The summed E-state index contributed by atoms with van der Waals surface area (Å²) in [4.78, 5) is 12.4. The van der Waals surface area contributed by atoms with Crippen LogP contribution >= 0.6 is 34.9 Å². The van der Waals surface area contributed by atoms with Gasteiger partial charge in [0.1, 0.15) is 0 Å². The topological polar surface area (TPSA) is 42.9 Å². The van der Waals surface area contributed by atoms with E-state index in [1.54, 1.807) is 11.8 Å². The molecular formula is C14H16N2OS3. The van der Waals surface area contributed by atoms with Gasteiger partial charge in [0.25, 0.3) is 0 Å². The van der Waals surface area contributed by atoms with E-state index in [9.17, 15) is 4.79 Å². The first-order valence-electron chi connectivity index (χ1n) is 6.12. The van der Waals surface area contributed by atoms with Crippen LogP contribution in [0, 0.1) is 20.8 Å². The molecule has 0 bridgehead atoms. The second kappa shape index (κ2) is 6.74. The molecule has 0 aliphatic heterocycles. The molecule has 2 aromatic rings. The van der Waals surface area contributed by atoms with E-state index in [4.69, 9.17) is 0 Å². The standard InChI is InChI=1S/C14H16N2OS3/c1-8-5-9(2)12(10(3)6-8)11(17)7-19-14-16-15-13(18-4)20-14/h5-6H,7H2,1-4H3. The van der Waals surface area contributed by atoms with Gasteiger partial charge in [-0.3, -0.25) is 4.79 Å².